The molecule has 0 spiro atoms. The zero-order chi connectivity index (χ0) is 23.7. The molecule has 9 heteroatoms. The topological polar surface area (TPSA) is 77.4 Å². The van der Waals surface area contributed by atoms with Crippen LogP contribution in [0.5, 0.6) is 11.6 Å². The molecule has 2 aromatic heterocycles. The van der Waals surface area contributed by atoms with Gasteiger partial charge in [-0.05, 0) is 36.2 Å². The third kappa shape index (κ3) is 4.52. The van der Waals surface area contributed by atoms with E-state index in [-0.39, 0.29) is 11.6 Å². The van der Waals surface area contributed by atoms with Gasteiger partial charge in [-0.3, -0.25) is 4.98 Å². The third-order valence-corrected chi connectivity index (χ3v) is 5.22. The van der Waals surface area contributed by atoms with Gasteiger partial charge in [0.2, 0.25) is 5.88 Å². The van der Waals surface area contributed by atoms with Crippen LogP contribution in [0, 0.1) is 12.3 Å². The van der Waals surface area contributed by atoms with E-state index in [1.165, 1.54) is 37.8 Å². The molecule has 0 aliphatic rings. The van der Waals surface area contributed by atoms with E-state index >= 15 is 0 Å². The van der Waals surface area contributed by atoms with E-state index in [0.717, 1.165) is 0 Å². The molecule has 1 aromatic carbocycles. The monoisotopic (exact) mass is 447 g/mol. The van der Waals surface area contributed by atoms with Gasteiger partial charge in [-0.15, -0.1) is 13.2 Å². The SMILES string of the molecule is COc1ncncc1C(O)(c1ccc(-c2ccc(OC(F)(F)F)cc2C)cn1)C(C)(C)C. The molecule has 3 rings (SSSR count). The number of hydrogen-bond acceptors (Lipinski definition) is 6. The summed E-state index contributed by atoms with van der Waals surface area (Å²) in [6.07, 6.45) is -0.362. The average Bonchev–Trinajstić information content (AvgIpc) is 2.71. The highest BCUT2D eigenvalue weighted by atomic mass is 19.4. The number of pyridine rings is 1. The van der Waals surface area contributed by atoms with E-state index < -0.39 is 17.4 Å². The Labute approximate surface area is 184 Å². The van der Waals surface area contributed by atoms with Gasteiger partial charge in [0.15, 0.2) is 0 Å². The van der Waals surface area contributed by atoms with Crippen LogP contribution in [-0.4, -0.2) is 33.5 Å². The molecule has 0 bridgehead atoms. The predicted molar refractivity (Wildman–Crippen MR) is 112 cm³/mol. The van der Waals surface area contributed by atoms with Crippen molar-refractivity contribution >= 4 is 0 Å². The Morgan fingerprint density at radius 2 is 1.69 bits per heavy atom. The Balaban J connectivity index is 2.03. The molecule has 0 aliphatic carbocycles. The van der Waals surface area contributed by atoms with Gasteiger partial charge in [-0.1, -0.05) is 32.9 Å². The number of aromatic nitrogens is 3. The smallest absolute Gasteiger partial charge is 0.481 e. The largest absolute Gasteiger partial charge is 0.573 e. The Morgan fingerprint density at radius 1 is 0.969 bits per heavy atom. The van der Waals surface area contributed by atoms with Gasteiger partial charge in [0.25, 0.3) is 0 Å². The maximum Gasteiger partial charge on any atom is 0.573 e. The predicted octanol–water partition coefficient (Wildman–Crippen LogP) is 5.04. The summed E-state index contributed by atoms with van der Waals surface area (Å²) in [5, 5.41) is 11.8. The Kier molecular flexibility index (Phi) is 6.15. The first-order valence-electron chi connectivity index (χ1n) is 9.77. The number of alkyl halides is 3. The molecule has 0 amide bonds. The van der Waals surface area contributed by atoms with Crippen molar-refractivity contribution in [1.82, 2.24) is 15.0 Å². The van der Waals surface area contributed by atoms with E-state index in [4.69, 9.17) is 4.74 Å². The fraction of sp³-hybridized carbons (Fsp3) is 0.348. The summed E-state index contributed by atoms with van der Waals surface area (Å²) in [6.45, 7) is 7.26. The highest BCUT2D eigenvalue weighted by molar-refractivity contribution is 5.67. The van der Waals surface area contributed by atoms with Crippen LogP contribution in [0.15, 0.2) is 49.1 Å². The quantitative estimate of drug-likeness (QED) is 0.591. The molecule has 0 saturated carbocycles. The van der Waals surface area contributed by atoms with E-state index in [0.29, 0.717) is 27.9 Å². The van der Waals surface area contributed by atoms with Crippen molar-refractivity contribution in [2.24, 2.45) is 5.41 Å². The van der Waals surface area contributed by atoms with Gasteiger partial charge < -0.3 is 14.6 Å². The molecule has 0 radical (unpaired) electrons. The molecule has 0 saturated heterocycles. The fourth-order valence-electron chi connectivity index (χ4n) is 3.58. The number of benzene rings is 1. The molecular formula is C23H24F3N3O3. The second-order valence-electron chi connectivity index (χ2n) is 8.36. The summed E-state index contributed by atoms with van der Waals surface area (Å²) in [4.78, 5) is 12.6. The number of rotatable bonds is 5. The zero-order valence-corrected chi connectivity index (χ0v) is 18.4. The number of aliphatic hydroxyl groups is 1. The van der Waals surface area contributed by atoms with Gasteiger partial charge in [0.1, 0.15) is 17.7 Å². The molecular weight excluding hydrogens is 423 g/mol. The number of hydrogen-bond donors (Lipinski definition) is 1. The van der Waals surface area contributed by atoms with E-state index in [1.54, 1.807) is 25.3 Å². The summed E-state index contributed by atoms with van der Waals surface area (Å²) in [6, 6.07) is 7.53. The lowest BCUT2D eigenvalue weighted by Gasteiger charge is -2.40. The lowest BCUT2D eigenvalue weighted by Crippen LogP contribution is -2.42. The first kappa shape index (κ1) is 23.5. The second-order valence-corrected chi connectivity index (χ2v) is 8.36. The molecule has 0 fully saturated rings. The van der Waals surface area contributed by atoms with Crippen LogP contribution in [-0.2, 0) is 5.60 Å². The van der Waals surface area contributed by atoms with Crippen molar-refractivity contribution < 1.29 is 27.8 Å². The molecule has 32 heavy (non-hydrogen) atoms. The minimum atomic E-state index is -4.75. The van der Waals surface area contributed by atoms with Crippen LogP contribution in [0.1, 0.15) is 37.6 Å². The van der Waals surface area contributed by atoms with Crippen LogP contribution >= 0.6 is 0 Å². The minimum Gasteiger partial charge on any atom is -0.481 e. The number of ether oxygens (including phenoxy) is 2. The maximum atomic E-state index is 12.5. The van der Waals surface area contributed by atoms with Crippen molar-refractivity contribution in [3.05, 3.63) is 65.9 Å². The second kappa shape index (κ2) is 8.38. The van der Waals surface area contributed by atoms with Gasteiger partial charge in [0, 0.05) is 23.4 Å². The molecule has 1 N–H and O–H groups in total. The van der Waals surface area contributed by atoms with Gasteiger partial charge in [-0.2, -0.15) is 0 Å². The molecule has 1 atom stereocenters. The molecule has 0 aliphatic heterocycles. The number of methoxy groups -OCH3 is 1. The summed E-state index contributed by atoms with van der Waals surface area (Å²) in [5.41, 5.74) is 0.418. The van der Waals surface area contributed by atoms with Crippen LogP contribution < -0.4 is 9.47 Å². The lowest BCUT2D eigenvalue weighted by molar-refractivity contribution is -0.274. The van der Waals surface area contributed by atoms with Gasteiger partial charge >= 0.3 is 6.36 Å². The Hall–Kier alpha value is -3.20. The summed E-state index contributed by atoms with van der Waals surface area (Å²) >= 11 is 0. The summed E-state index contributed by atoms with van der Waals surface area (Å²) in [7, 11) is 1.46. The van der Waals surface area contributed by atoms with E-state index in [1.807, 2.05) is 20.8 Å². The first-order valence-corrected chi connectivity index (χ1v) is 9.77. The van der Waals surface area contributed by atoms with Crippen molar-refractivity contribution in [3.63, 3.8) is 0 Å². The fourth-order valence-corrected chi connectivity index (χ4v) is 3.58. The molecule has 3 aromatic rings. The average molecular weight is 447 g/mol. The molecule has 6 nitrogen and oxygen atoms in total. The van der Waals surface area contributed by atoms with Crippen LogP contribution in [0.4, 0.5) is 13.2 Å². The standard InChI is InChI=1S/C23H24F3N3O3/c1-14-10-16(32-23(24,25)26)7-8-17(14)15-6-9-19(28-11-15)22(30,21(2,3)4)18-12-27-13-29-20(18)31-5/h6-13,30H,1-5H3. The molecule has 2 heterocycles. The van der Waals surface area contributed by atoms with Crippen molar-refractivity contribution in [2.75, 3.05) is 7.11 Å². The highest BCUT2D eigenvalue weighted by Gasteiger charge is 2.47. The van der Waals surface area contributed by atoms with Crippen molar-refractivity contribution in [1.29, 1.82) is 0 Å². The van der Waals surface area contributed by atoms with Crippen LogP contribution in [0.25, 0.3) is 11.1 Å². The molecule has 1 unspecified atom stereocenters. The normalized spacial score (nSPS) is 14.0. The van der Waals surface area contributed by atoms with Gasteiger partial charge in [0.05, 0.1) is 18.4 Å². The number of aryl methyl sites for hydroxylation is 1. The van der Waals surface area contributed by atoms with E-state index in [9.17, 15) is 18.3 Å². The summed E-state index contributed by atoms with van der Waals surface area (Å²) in [5.74, 6) is -0.0546. The maximum absolute atomic E-state index is 12.5. The van der Waals surface area contributed by atoms with Crippen molar-refractivity contribution in [3.8, 4) is 22.8 Å². The summed E-state index contributed by atoms with van der Waals surface area (Å²) < 4.78 is 46.7. The number of nitrogens with zero attached hydrogens (tertiary/aromatic N) is 3. The van der Waals surface area contributed by atoms with Crippen LogP contribution in [0.2, 0.25) is 0 Å². The number of halogens is 3. The minimum absolute atomic E-state index is 0.236. The third-order valence-electron chi connectivity index (χ3n) is 5.22. The first-order chi connectivity index (χ1) is 14.9. The van der Waals surface area contributed by atoms with Gasteiger partial charge in [-0.25, -0.2) is 9.97 Å². The van der Waals surface area contributed by atoms with E-state index in [2.05, 4.69) is 19.7 Å². The van der Waals surface area contributed by atoms with Crippen molar-refractivity contribution in [2.45, 2.75) is 39.7 Å². The Bertz CT molecular complexity index is 1100. The Morgan fingerprint density at radius 3 is 2.22 bits per heavy atom. The van der Waals surface area contributed by atoms with Crippen LogP contribution in [0.3, 0.4) is 0 Å². The highest BCUT2D eigenvalue weighted by Crippen LogP contribution is 2.46. The zero-order valence-electron chi connectivity index (χ0n) is 18.4. The lowest BCUT2D eigenvalue weighted by atomic mass is 9.70. The molecule has 170 valence electrons.